The van der Waals surface area contributed by atoms with Crippen molar-refractivity contribution in [1.29, 1.82) is 0 Å². The zero-order chi connectivity index (χ0) is 7.98. The summed E-state index contributed by atoms with van der Waals surface area (Å²) in [6.07, 6.45) is 3.52. The summed E-state index contributed by atoms with van der Waals surface area (Å²) in [6, 6.07) is 0. The fraction of sp³-hybridized carbons (Fsp3) is 0.875. The number of hydrogen-bond donors (Lipinski definition) is 0. The van der Waals surface area contributed by atoms with Crippen LogP contribution in [-0.2, 0) is 4.79 Å². The summed E-state index contributed by atoms with van der Waals surface area (Å²) in [5.74, 6) is -1.11. The van der Waals surface area contributed by atoms with Crippen LogP contribution in [0.2, 0.25) is 0 Å². The van der Waals surface area contributed by atoms with E-state index >= 15 is 0 Å². The summed E-state index contributed by atoms with van der Waals surface area (Å²) in [4.78, 5) is 10.3. The molecule has 0 saturated heterocycles. The van der Waals surface area contributed by atoms with Gasteiger partial charge >= 0.3 is 29.6 Å². The van der Waals surface area contributed by atoms with Gasteiger partial charge in [0.1, 0.15) is 0 Å². The molecule has 3 heteroatoms. The molecule has 0 rings (SSSR count). The van der Waals surface area contributed by atoms with Crippen LogP contribution >= 0.6 is 0 Å². The van der Waals surface area contributed by atoms with E-state index in [-0.39, 0.29) is 35.5 Å². The van der Waals surface area contributed by atoms with E-state index in [0.29, 0.717) is 6.42 Å². The number of carbonyl (C=O) groups is 1. The summed E-state index contributed by atoms with van der Waals surface area (Å²) in [7, 11) is 0. The summed E-state index contributed by atoms with van der Waals surface area (Å²) < 4.78 is 0. The van der Waals surface area contributed by atoms with E-state index in [2.05, 4.69) is 6.92 Å². The van der Waals surface area contributed by atoms with Crippen molar-refractivity contribution < 1.29 is 39.5 Å². The number of carbonyl (C=O) groups excluding carboxylic acids is 1. The second-order valence-corrected chi connectivity index (χ2v) is 2.57. The molecular formula is C8H15NaO2. The van der Waals surface area contributed by atoms with Gasteiger partial charge in [-0.05, 0) is 18.8 Å². The van der Waals surface area contributed by atoms with Gasteiger partial charge in [0, 0.05) is 5.97 Å². The number of carboxylic acids is 1. The summed E-state index contributed by atoms with van der Waals surface area (Å²) in [5, 5.41) is 10.3. The molecule has 11 heavy (non-hydrogen) atoms. The molecule has 60 valence electrons. The Kier molecular flexibility index (Phi) is 10.9. The molecule has 0 heterocycles. The van der Waals surface area contributed by atoms with Gasteiger partial charge in [-0.15, -0.1) is 0 Å². The molecule has 0 aromatic carbocycles. The number of hydrogen-bond acceptors (Lipinski definition) is 2. The van der Waals surface area contributed by atoms with Gasteiger partial charge in [-0.3, -0.25) is 0 Å². The molecule has 0 aliphatic rings. The van der Waals surface area contributed by atoms with Crippen LogP contribution in [0.25, 0.3) is 0 Å². The van der Waals surface area contributed by atoms with Gasteiger partial charge in [0.25, 0.3) is 0 Å². The quantitative estimate of drug-likeness (QED) is 0.441. The molecule has 0 aromatic rings. The molecule has 0 amide bonds. The average molecular weight is 166 g/mol. The predicted octanol–water partition coefficient (Wildman–Crippen LogP) is -2.04. The third-order valence-electron chi connectivity index (χ3n) is 1.73. The van der Waals surface area contributed by atoms with Crippen molar-refractivity contribution in [2.75, 3.05) is 0 Å². The van der Waals surface area contributed by atoms with Gasteiger partial charge < -0.3 is 9.90 Å². The molecule has 0 aromatic heterocycles. The summed E-state index contributed by atoms with van der Waals surface area (Å²) in [5.41, 5.74) is 0. The average Bonchev–Trinajstić information content (AvgIpc) is 1.89. The molecular weight excluding hydrogens is 151 g/mol. The van der Waals surface area contributed by atoms with Crippen LogP contribution < -0.4 is 34.7 Å². The van der Waals surface area contributed by atoms with Crippen molar-refractivity contribution in [2.45, 2.75) is 39.5 Å². The Labute approximate surface area is 90.7 Å². The Bertz CT molecular complexity index is 104. The summed E-state index contributed by atoms with van der Waals surface area (Å²) >= 11 is 0. The second kappa shape index (κ2) is 8.57. The fourth-order valence-electron chi connectivity index (χ4n) is 0.939. The normalized spacial score (nSPS) is 11.8. The standard InChI is InChI=1S/C8H16O2.Na/c1-3-5-6-7(4-2)8(9)10;/h7H,3-6H2,1-2H3,(H,9,10);/q;+1/p-1. The van der Waals surface area contributed by atoms with Crippen molar-refractivity contribution >= 4 is 5.97 Å². The van der Waals surface area contributed by atoms with Crippen molar-refractivity contribution in [3.63, 3.8) is 0 Å². The number of carboxylic acid groups (broad SMARTS) is 1. The van der Waals surface area contributed by atoms with E-state index in [1.807, 2.05) is 6.92 Å². The third-order valence-corrected chi connectivity index (χ3v) is 1.73. The number of aliphatic carboxylic acids is 1. The first-order valence-corrected chi connectivity index (χ1v) is 3.93. The molecule has 0 aliphatic heterocycles. The molecule has 0 radical (unpaired) electrons. The van der Waals surface area contributed by atoms with E-state index in [1.165, 1.54) is 0 Å². The van der Waals surface area contributed by atoms with Crippen LogP contribution in [-0.4, -0.2) is 5.97 Å². The first-order chi connectivity index (χ1) is 4.72. The smallest absolute Gasteiger partial charge is 0.550 e. The van der Waals surface area contributed by atoms with Gasteiger partial charge in [0.15, 0.2) is 0 Å². The zero-order valence-corrected chi connectivity index (χ0v) is 9.72. The zero-order valence-electron chi connectivity index (χ0n) is 7.72. The molecule has 0 bridgehead atoms. The van der Waals surface area contributed by atoms with Crippen molar-refractivity contribution in [2.24, 2.45) is 5.92 Å². The fourth-order valence-corrected chi connectivity index (χ4v) is 0.939. The molecule has 0 saturated carbocycles. The second-order valence-electron chi connectivity index (χ2n) is 2.57. The van der Waals surface area contributed by atoms with Crippen LogP contribution in [0, 0.1) is 5.92 Å². The molecule has 0 fully saturated rings. The van der Waals surface area contributed by atoms with Crippen LogP contribution in [0.4, 0.5) is 0 Å². The third kappa shape index (κ3) is 6.85. The molecule has 1 unspecified atom stereocenters. The Morgan fingerprint density at radius 1 is 1.45 bits per heavy atom. The maximum Gasteiger partial charge on any atom is 1.00 e. The van der Waals surface area contributed by atoms with Gasteiger partial charge in [-0.25, -0.2) is 0 Å². The van der Waals surface area contributed by atoms with E-state index < -0.39 is 5.97 Å². The molecule has 0 N–H and O–H groups in total. The minimum atomic E-state index is -0.893. The number of rotatable bonds is 5. The van der Waals surface area contributed by atoms with Crippen molar-refractivity contribution in [3.05, 3.63) is 0 Å². The number of unbranched alkanes of at least 4 members (excludes halogenated alkanes) is 1. The Hall–Kier alpha value is 0.470. The maximum atomic E-state index is 10.3. The van der Waals surface area contributed by atoms with E-state index in [0.717, 1.165) is 19.3 Å². The van der Waals surface area contributed by atoms with Gasteiger partial charge in [-0.2, -0.15) is 0 Å². The Morgan fingerprint density at radius 2 is 2.00 bits per heavy atom. The van der Waals surface area contributed by atoms with Crippen molar-refractivity contribution in [1.82, 2.24) is 0 Å². The summed E-state index contributed by atoms with van der Waals surface area (Å²) in [6.45, 7) is 3.94. The van der Waals surface area contributed by atoms with Crippen LogP contribution in [0.15, 0.2) is 0 Å². The van der Waals surface area contributed by atoms with Gasteiger partial charge in [0.05, 0.1) is 0 Å². The first kappa shape index (κ1) is 14.0. The molecule has 2 nitrogen and oxygen atoms in total. The SMILES string of the molecule is CCCCC(CC)C(=O)[O-].[Na+]. The van der Waals surface area contributed by atoms with Crippen LogP contribution in [0.3, 0.4) is 0 Å². The van der Waals surface area contributed by atoms with Crippen LogP contribution in [0.1, 0.15) is 39.5 Å². The van der Waals surface area contributed by atoms with E-state index in [4.69, 9.17) is 0 Å². The monoisotopic (exact) mass is 166 g/mol. The van der Waals surface area contributed by atoms with Gasteiger partial charge in [-0.1, -0.05) is 26.7 Å². The van der Waals surface area contributed by atoms with E-state index in [1.54, 1.807) is 0 Å². The van der Waals surface area contributed by atoms with Gasteiger partial charge in [0.2, 0.25) is 0 Å². The first-order valence-electron chi connectivity index (χ1n) is 3.93. The Morgan fingerprint density at radius 3 is 2.27 bits per heavy atom. The topological polar surface area (TPSA) is 40.1 Å². The van der Waals surface area contributed by atoms with Crippen LogP contribution in [0.5, 0.6) is 0 Å². The molecule has 0 spiro atoms. The minimum absolute atomic E-state index is 0. The largest absolute Gasteiger partial charge is 1.00 e. The predicted molar refractivity (Wildman–Crippen MR) is 38.3 cm³/mol. The minimum Gasteiger partial charge on any atom is -0.550 e. The maximum absolute atomic E-state index is 10.3. The van der Waals surface area contributed by atoms with E-state index in [9.17, 15) is 9.90 Å². The molecule has 1 atom stereocenters. The molecule has 0 aliphatic carbocycles. The van der Waals surface area contributed by atoms with Crippen molar-refractivity contribution in [3.8, 4) is 0 Å². The Balaban J connectivity index is 0.